The van der Waals surface area contributed by atoms with Gasteiger partial charge in [-0.15, -0.1) is 0 Å². The molecule has 2 rings (SSSR count). The second-order valence-corrected chi connectivity index (χ2v) is 4.97. The first kappa shape index (κ1) is 13.5. The molecule has 5 heteroatoms. The predicted molar refractivity (Wildman–Crippen MR) is 75.3 cm³/mol. The van der Waals surface area contributed by atoms with Crippen LogP contribution in [0.4, 0.5) is 0 Å². The van der Waals surface area contributed by atoms with Crippen molar-refractivity contribution < 1.29 is 4.79 Å². The topological polar surface area (TPSA) is 59.8 Å². The quantitative estimate of drug-likeness (QED) is 0.918. The molecule has 0 saturated carbocycles. The van der Waals surface area contributed by atoms with Crippen LogP contribution in [0, 0.1) is 6.92 Å². The molecule has 0 aromatic carbocycles. The number of fused-ring (bicyclic) bond motifs is 1. The number of pyridine rings is 1. The lowest BCUT2D eigenvalue weighted by Gasteiger charge is -2.09. The number of carbonyl (C=O) groups is 1. The van der Waals surface area contributed by atoms with Crippen LogP contribution < -0.4 is 5.32 Å². The minimum Gasteiger partial charge on any atom is -0.352 e. The maximum absolute atomic E-state index is 12.0. The summed E-state index contributed by atoms with van der Waals surface area (Å²) in [5.41, 5.74) is 2.20. The Balaban J connectivity index is 2.43. The Morgan fingerprint density at radius 1 is 1.47 bits per heavy atom. The number of carbonyl (C=O) groups excluding carboxylic acids is 1. The van der Waals surface area contributed by atoms with E-state index in [9.17, 15) is 4.79 Å². The number of nitrogens with one attached hydrogen (secondary N) is 1. The van der Waals surface area contributed by atoms with E-state index >= 15 is 0 Å². The van der Waals surface area contributed by atoms with Gasteiger partial charge in [-0.1, -0.05) is 6.92 Å². The van der Waals surface area contributed by atoms with Crippen LogP contribution >= 0.6 is 0 Å². The van der Waals surface area contributed by atoms with Crippen LogP contribution in [0.2, 0.25) is 0 Å². The van der Waals surface area contributed by atoms with Crippen LogP contribution in [-0.2, 0) is 0 Å². The van der Waals surface area contributed by atoms with Crippen LogP contribution in [-0.4, -0.2) is 27.2 Å². The molecule has 0 aliphatic rings. The summed E-state index contributed by atoms with van der Waals surface area (Å²) in [6, 6.07) is 2.12. The highest BCUT2D eigenvalue weighted by Gasteiger charge is 2.14. The molecule has 2 aromatic rings. The Labute approximate surface area is 113 Å². The van der Waals surface area contributed by atoms with Crippen molar-refractivity contribution in [1.82, 2.24) is 20.1 Å². The molecule has 0 atom stereocenters. The lowest BCUT2D eigenvalue weighted by Crippen LogP contribution is -2.25. The second-order valence-electron chi connectivity index (χ2n) is 4.97. The molecule has 0 saturated heterocycles. The van der Waals surface area contributed by atoms with E-state index < -0.39 is 0 Å². The number of nitrogens with zero attached hydrogens (tertiary/aromatic N) is 3. The number of aromatic nitrogens is 3. The van der Waals surface area contributed by atoms with E-state index in [0.29, 0.717) is 12.1 Å². The molecule has 1 N–H and O–H groups in total. The van der Waals surface area contributed by atoms with Gasteiger partial charge in [-0.05, 0) is 33.3 Å². The summed E-state index contributed by atoms with van der Waals surface area (Å²) in [7, 11) is 0. The summed E-state index contributed by atoms with van der Waals surface area (Å²) in [5.74, 6) is -0.0638. The van der Waals surface area contributed by atoms with Crippen LogP contribution in [0.5, 0.6) is 0 Å². The molecule has 1 amide bonds. The lowest BCUT2D eigenvalue weighted by atomic mass is 10.1. The van der Waals surface area contributed by atoms with Gasteiger partial charge in [0.1, 0.15) is 0 Å². The van der Waals surface area contributed by atoms with Gasteiger partial charge >= 0.3 is 0 Å². The number of aryl methyl sites for hydroxylation is 1. The predicted octanol–water partition coefficient (Wildman–Crippen LogP) is 2.46. The monoisotopic (exact) mass is 260 g/mol. The smallest absolute Gasteiger partial charge is 0.253 e. The SMILES string of the molecule is CCCNC(=O)c1cc2cnn(C(C)C)c2nc1C. The van der Waals surface area contributed by atoms with E-state index in [0.717, 1.165) is 23.1 Å². The molecule has 102 valence electrons. The maximum atomic E-state index is 12.0. The van der Waals surface area contributed by atoms with Crippen LogP contribution in [0.3, 0.4) is 0 Å². The van der Waals surface area contributed by atoms with E-state index in [1.807, 2.05) is 24.6 Å². The molecule has 0 radical (unpaired) electrons. The molecule has 0 bridgehead atoms. The Hall–Kier alpha value is -1.91. The summed E-state index contributed by atoms with van der Waals surface area (Å²) < 4.78 is 1.87. The Morgan fingerprint density at radius 2 is 2.21 bits per heavy atom. The standard InChI is InChI=1S/C14H20N4O/c1-5-6-15-14(19)12-7-11-8-16-18(9(2)3)13(11)17-10(12)4/h7-9H,5-6H2,1-4H3,(H,15,19). The van der Waals surface area contributed by atoms with Gasteiger partial charge < -0.3 is 5.32 Å². The van der Waals surface area contributed by atoms with E-state index in [1.54, 1.807) is 6.20 Å². The zero-order valence-electron chi connectivity index (χ0n) is 11.9. The van der Waals surface area contributed by atoms with Gasteiger partial charge in [-0.25, -0.2) is 9.67 Å². The maximum Gasteiger partial charge on any atom is 0.253 e. The highest BCUT2D eigenvalue weighted by Crippen LogP contribution is 2.19. The van der Waals surface area contributed by atoms with Crippen LogP contribution in [0.1, 0.15) is 49.3 Å². The van der Waals surface area contributed by atoms with Crippen molar-refractivity contribution in [2.24, 2.45) is 0 Å². The fourth-order valence-corrected chi connectivity index (χ4v) is 2.01. The van der Waals surface area contributed by atoms with Crippen molar-refractivity contribution in [3.05, 3.63) is 23.5 Å². The fourth-order valence-electron chi connectivity index (χ4n) is 2.01. The molecule has 5 nitrogen and oxygen atoms in total. The van der Waals surface area contributed by atoms with Crippen molar-refractivity contribution in [3.63, 3.8) is 0 Å². The molecule has 0 unspecified atom stereocenters. The Kier molecular flexibility index (Phi) is 3.83. The van der Waals surface area contributed by atoms with Crippen molar-refractivity contribution in [1.29, 1.82) is 0 Å². The summed E-state index contributed by atoms with van der Waals surface area (Å²) >= 11 is 0. The van der Waals surface area contributed by atoms with E-state index in [2.05, 4.69) is 29.2 Å². The largest absolute Gasteiger partial charge is 0.352 e. The van der Waals surface area contributed by atoms with E-state index in [4.69, 9.17) is 0 Å². The Morgan fingerprint density at radius 3 is 2.84 bits per heavy atom. The lowest BCUT2D eigenvalue weighted by molar-refractivity contribution is 0.0953. The highest BCUT2D eigenvalue weighted by molar-refractivity contribution is 5.98. The minimum absolute atomic E-state index is 0.0638. The molecule has 0 spiro atoms. The first-order valence-corrected chi connectivity index (χ1v) is 6.67. The molecule has 0 fully saturated rings. The normalized spacial score (nSPS) is 11.2. The van der Waals surface area contributed by atoms with Gasteiger partial charge in [0, 0.05) is 18.0 Å². The van der Waals surface area contributed by atoms with Gasteiger partial charge in [0.25, 0.3) is 5.91 Å². The molecular weight excluding hydrogens is 240 g/mol. The minimum atomic E-state index is -0.0638. The van der Waals surface area contributed by atoms with Gasteiger partial charge in [0.05, 0.1) is 17.5 Å². The van der Waals surface area contributed by atoms with Crippen molar-refractivity contribution in [2.75, 3.05) is 6.54 Å². The van der Waals surface area contributed by atoms with Gasteiger partial charge in [0.2, 0.25) is 0 Å². The summed E-state index contributed by atoms with van der Waals surface area (Å²) in [4.78, 5) is 16.6. The molecule has 0 aliphatic heterocycles. The number of amides is 1. The van der Waals surface area contributed by atoms with Crippen LogP contribution in [0.25, 0.3) is 11.0 Å². The third-order valence-corrected chi connectivity index (χ3v) is 3.03. The number of hydrogen-bond donors (Lipinski definition) is 1. The van der Waals surface area contributed by atoms with Gasteiger partial charge in [-0.3, -0.25) is 4.79 Å². The second kappa shape index (κ2) is 5.38. The van der Waals surface area contributed by atoms with E-state index in [1.165, 1.54) is 0 Å². The van der Waals surface area contributed by atoms with Crippen molar-refractivity contribution >= 4 is 16.9 Å². The van der Waals surface area contributed by atoms with Crippen LogP contribution in [0.15, 0.2) is 12.3 Å². The first-order chi connectivity index (χ1) is 9.04. The molecular formula is C14H20N4O. The fraction of sp³-hybridized carbons (Fsp3) is 0.500. The summed E-state index contributed by atoms with van der Waals surface area (Å²) in [6.07, 6.45) is 2.68. The zero-order chi connectivity index (χ0) is 14.0. The highest BCUT2D eigenvalue weighted by atomic mass is 16.1. The van der Waals surface area contributed by atoms with E-state index in [-0.39, 0.29) is 11.9 Å². The third-order valence-electron chi connectivity index (χ3n) is 3.03. The number of hydrogen-bond acceptors (Lipinski definition) is 3. The van der Waals surface area contributed by atoms with Gasteiger partial charge in [0.15, 0.2) is 5.65 Å². The summed E-state index contributed by atoms with van der Waals surface area (Å²) in [6.45, 7) is 8.69. The average molecular weight is 260 g/mol. The van der Waals surface area contributed by atoms with Crippen molar-refractivity contribution in [3.8, 4) is 0 Å². The third kappa shape index (κ3) is 2.59. The van der Waals surface area contributed by atoms with Gasteiger partial charge in [-0.2, -0.15) is 5.10 Å². The Bertz CT molecular complexity index is 601. The molecule has 2 heterocycles. The molecule has 19 heavy (non-hydrogen) atoms. The molecule has 2 aromatic heterocycles. The average Bonchev–Trinajstić information content (AvgIpc) is 2.77. The summed E-state index contributed by atoms with van der Waals surface area (Å²) in [5, 5.41) is 8.10. The zero-order valence-corrected chi connectivity index (χ0v) is 11.9. The number of rotatable bonds is 4. The first-order valence-electron chi connectivity index (χ1n) is 6.67. The molecule has 0 aliphatic carbocycles. The van der Waals surface area contributed by atoms with Crippen molar-refractivity contribution in [2.45, 2.75) is 40.2 Å².